The molecule has 0 aliphatic rings. The third-order valence-electron chi connectivity index (χ3n) is 2.74. The van der Waals surface area contributed by atoms with E-state index in [1.54, 1.807) is 0 Å². The highest BCUT2D eigenvalue weighted by molar-refractivity contribution is 5.71. The van der Waals surface area contributed by atoms with Crippen molar-refractivity contribution in [3.05, 3.63) is 54.1 Å². The van der Waals surface area contributed by atoms with Crippen molar-refractivity contribution >= 4 is 5.69 Å². The molecule has 0 radical (unpaired) electrons. The molecule has 0 heterocycles. The van der Waals surface area contributed by atoms with Crippen LogP contribution in [-0.2, 0) is 0 Å². The van der Waals surface area contributed by atoms with E-state index in [-0.39, 0.29) is 0 Å². The second-order valence-corrected chi connectivity index (χ2v) is 4.10. The molecular formula is C15H14N2. The van der Waals surface area contributed by atoms with Gasteiger partial charge in [0, 0.05) is 19.8 Å². The quantitative estimate of drug-likeness (QED) is 0.779. The van der Waals surface area contributed by atoms with Gasteiger partial charge in [0.05, 0.1) is 11.6 Å². The van der Waals surface area contributed by atoms with Crippen LogP contribution in [0.2, 0.25) is 0 Å². The van der Waals surface area contributed by atoms with Gasteiger partial charge in [-0.25, -0.2) is 0 Å². The molecule has 0 saturated heterocycles. The normalized spacial score (nSPS) is 9.71. The molecule has 0 spiro atoms. The molecule has 0 saturated carbocycles. The SMILES string of the molecule is CN(C)c1ccc(-c2ccccc2C#N)cc1. The Morgan fingerprint density at radius 2 is 1.59 bits per heavy atom. The van der Waals surface area contributed by atoms with Gasteiger partial charge in [-0.3, -0.25) is 0 Å². The predicted molar refractivity (Wildman–Crippen MR) is 70.9 cm³/mol. The molecule has 0 unspecified atom stereocenters. The fourth-order valence-corrected chi connectivity index (χ4v) is 1.77. The van der Waals surface area contributed by atoms with Crippen molar-refractivity contribution in [2.24, 2.45) is 0 Å². The molecule has 0 aromatic heterocycles. The molecule has 2 aromatic carbocycles. The molecule has 0 aliphatic carbocycles. The van der Waals surface area contributed by atoms with Crippen molar-refractivity contribution in [1.82, 2.24) is 0 Å². The Hall–Kier alpha value is -2.27. The van der Waals surface area contributed by atoms with Gasteiger partial charge in [-0.1, -0.05) is 30.3 Å². The van der Waals surface area contributed by atoms with Crippen LogP contribution in [0.4, 0.5) is 5.69 Å². The summed E-state index contributed by atoms with van der Waals surface area (Å²) in [6.07, 6.45) is 0. The van der Waals surface area contributed by atoms with E-state index < -0.39 is 0 Å². The molecule has 2 rings (SSSR count). The molecule has 0 fully saturated rings. The molecule has 84 valence electrons. The molecular weight excluding hydrogens is 208 g/mol. The summed E-state index contributed by atoms with van der Waals surface area (Å²) in [6.45, 7) is 0. The Balaban J connectivity index is 2.44. The van der Waals surface area contributed by atoms with Gasteiger partial charge in [0.25, 0.3) is 0 Å². The standard InChI is InChI=1S/C15H14N2/c1-17(2)14-9-7-12(8-10-14)15-6-4-3-5-13(15)11-16/h3-10H,1-2H3. The summed E-state index contributed by atoms with van der Waals surface area (Å²) < 4.78 is 0. The van der Waals surface area contributed by atoms with E-state index >= 15 is 0 Å². The van der Waals surface area contributed by atoms with E-state index in [1.807, 2.05) is 50.5 Å². The van der Waals surface area contributed by atoms with Crippen molar-refractivity contribution < 1.29 is 0 Å². The lowest BCUT2D eigenvalue weighted by Crippen LogP contribution is -2.07. The molecule has 0 N–H and O–H groups in total. The second-order valence-electron chi connectivity index (χ2n) is 4.10. The van der Waals surface area contributed by atoms with Crippen LogP contribution in [0, 0.1) is 11.3 Å². The van der Waals surface area contributed by atoms with Crippen LogP contribution in [0.1, 0.15) is 5.56 Å². The van der Waals surface area contributed by atoms with Crippen LogP contribution in [0.3, 0.4) is 0 Å². The van der Waals surface area contributed by atoms with Crippen LogP contribution in [0.5, 0.6) is 0 Å². The van der Waals surface area contributed by atoms with Gasteiger partial charge in [-0.15, -0.1) is 0 Å². The minimum absolute atomic E-state index is 0.713. The van der Waals surface area contributed by atoms with E-state index in [0.29, 0.717) is 5.56 Å². The lowest BCUT2D eigenvalue weighted by molar-refractivity contribution is 1.13. The van der Waals surface area contributed by atoms with Gasteiger partial charge < -0.3 is 4.90 Å². The van der Waals surface area contributed by atoms with Gasteiger partial charge in [-0.05, 0) is 29.3 Å². The van der Waals surface area contributed by atoms with Crippen molar-refractivity contribution in [1.29, 1.82) is 5.26 Å². The van der Waals surface area contributed by atoms with E-state index in [9.17, 15) is 0 Å². The third-order valence-corrected chi connectivity index (χ3v) is 2.74. The third kappa shape index (κ3) is 2.29. The van der Waals surface area contributed by atoms with E-state index in [2.05, 4.69) is 23.1 Å². The zero-order valence-corrected chi connectivity index (χ0v) is 10.0. The number of hydrogen-bond acceptors (Lipinski definition) is 2. The predicted octanol–water partition coefficient (Wildman–Crippen LogP) is 3.29. The maximum absolute atomic E-state index is 9.06. The average Bonchev–Trinajstić information content (AvgIpc) is 2.39. The Morgan fingerprint density at radius 1 is 0.941 bits per heavy atom. The first-order chi connectivity index (χ1) is 8.22. The van der Waals surface area contributed by atoms with Crippen molar-refractivity contribution in [3.63, 3.8) is 0 Å². The molecule has 0 bridgehead atoms. The highest BCUT2D eigenvalue weighted by atomic mass is 15.1. The zero-order chi connectivity index (χ0) is 12.3. The second kappa shape index (κ2) is 4.71. The summed E-state index contributed by atoms with van der Waals surface area (Å²) in [7, 11) is 4.02. The van der Waals surface area contributed by atoms with Gasteiger partial charge in [0.2, 0.25) is 0 Å². The molecule has 17 heavy (non-hydrogen) atoms. The number of hydrogen-bond donors (Lipinski definition) is 0. The molecule has 0 atom stereocenters. The Kier molecular flexibility index (Phi) is 3.11. The van der Waals surface area contributed by atoms with Gasteiger partial charge in [-0.2, -0.15) is 5.26 Å². The Morgan fingerprint density at radius 3 is 2.18 bits per heavy atom. The summed E-state index contributed by atoms with van der Waals surface area (Å²) in [5.41, 5.74) is 3.93. The lowest BCUT2D eigenvalue weighted by Gasteiger charge is -2.13. The smallest absolute Gasteiger partial charge is 0.0998 e. The first kappa shape index (κ1) is 11.2. The van der Waals surface area contributed by atoms with Crippen LogP contribution in [0.15, 0.2) is 48.5 Å². The minimum Gasteiger partial charge on any atom is -0.378 e. The number of benzene rings is 2. The van der Waals surface area contributed by atoms with E-state index in [0.717, 1.165) is 16.8 Å². The number of rotatable bonds is 2. The van der Waals surface area contributed by atoms with Crippen molar-refractivity contribution in [2.45, 2.75) is 0 Å². The van der Waals surface area contributed by atoms with Gasteiger partial charge in [0.1, 0.15) is 0 Å². The summed E-state index contributed by atoms with van der Waals surface area (Å²) in [5.74, 6) is 0. The fourth-order valence-electron chi connectivity index (χ4n) is 1.77. The summed E-state index contributed by atoms with van der Waals surface area (Å²) in [4.78, 5) is 2.06. The van der Waals surface area contributed by atoms with Gasteiger partial charge >= 0.3 is 0 Å². The molecule has 2 heteroatoms. The first-order valence-corrected chi connectivity index (χ1v) is 5.49. The summed E-state index contributed by atoms with van der Waals surface area (Å²) in [6, 6.07) is 18.1. The largest absolute Gasteiger partial charge is 0.378 e. The van der Waals surface area contributed by atoms with E-state index in [4.69, 9.17) is 5.26 Å². The number of anilines is 1. The number of nitrogens with zero attached hydrogens (tertiary/aromatic N) is 2. The molecule has 2 nitrogen and oxygen atoms in total. The average molecular weight is 222 g/mol. The summed E-state index contributed by atoms with van der Waals surface area (Å²) in [5, 5.41) is 9.06. The van der Waals surface area contributed by atoms with E-state index in [1.165, 1.54) is 0 Å². The van der Waals surface area contributed by atoms with Crippen molar-refractivity contribution in [3.8, 4) is 17.2 Å². The van der Waals surface area contributed by atoms with Crippen molar-refractivity contribution in [2.75, 3.05) is 19.0 Å². The first-order valence-electron chi connectivity index (χ1n) is 5.49. The van der Waals surface area contributed by atoms with Crippen LogP contribution in [-0.4, -0.2) is 14.1 Å². The molecule has 0 aliphatic heterocycles. The zero-order valence-electron chi connectivity index (χ0n) is 10.0. The van der Waals surface area contributed by atoms with Crippen LogP contribution >= 0.6 is 0 Å². The molecule has 2 aromatic rings. The lowest BCUT2D eigenvalue weighted by atomic mass is 10.0. The topological polar surface area (TPSA) is 27.0 Å². The fraction of sp³-hybridized carbons (Fsp3) is 0.133. The Labute approximate surface area is 102 Å². The monoisotopic (exact) mass is 222 g/mol. The molecule has 0 amide bonds. The summed E-state index contributed by atoms with van der Waals surface area (Å²) >= 11 is 0. The highest BCUT2D eigenvalue weighted by Gasteiger charge is 2.03. The van der Waals surface area contributed by atoms with Gasteiger partial charge in [0.15, 0.2) is 0 Å². The van der Waals surface area contributed by atoms with Crippen LogP contribution in [0.25, 0.3) is 11.1 Å². The Bertz CT molecular complexity index is 548. The maximum Gasteiger partial charge on any atom is 0.0998 e. The minimum atomic E-state index is 0.713. The number of nitriles is 1. The maximum atomic E-state index is 9.06. The van der Waals surface area contributed by atoms with Crippen LogP contribution < -0.4 is 4.90 Å². The highest BCUT2D eigenvalue weighted by Crippen LogP contribution is 2.25.